The highest BCUT2D eigenvalue weighted by atomic mass is 32.2. The number of carbonyl (C=O) groups is 1. The van der Waals surface area contributed by atoms with Crippen LogP contribution in [0, 0.1) is 6.92 Å². The number of aromatic nitrogens is 3. The fraction of sp³-hybridized carbons (Fsp3) is 0.118. The zero-order valence-electron chi connectivity index (χ0n) is 12.5. The van der Waals surface area contributed by atoms with Gasteiger partial charge in [-0.1, -0.05) is 47.7 Å². The fourth-order valence-electron chi connectivity index (χ4n) is 2.12. The molecule has 3 aromatic rings. The number of nitrogens with one attached hydrogen (secondary N) is 1. The number of H-pyrrole nitrogens is 1. The Hall–Kier alpha value is -2.60. The molecule has 23 heavy (non-hydrogen) atoms. The number of benzene rings is 2. The molecule has 0 atom stereocenters. The average molecular weight is 325 g/mol. The van der Waals surface area contributed by atoms with Gasteiger partial charge in [-0.15, -0.1) is 5.10 Å². The van der Waals surface area contributed by atoms with E-state index < -0.39 is 5.97 Å². The predicted octanol–water partition coefficient (Wildman–Crippen LogP) is 3.77. The first kappa shape index (κ1) is 15.3. The van der Waals surface area contributed by atoms with Crippen LogP contribution >= 0.6 is 11.8 Å². The van der Waals surface area contributed by atoms with Gasteiger partial charge in [0.25, 0.3) is 0 Å². The highest BCUT2D eigenvalue weighted by Crippen LogP contribution is 2.23. The molecule has 116 valence electrons. The third kappa shape index (κ3) is 3.78. The van der Waals surface area contributed by atoms with E-state index in [2.05, 4.69) is 21.2 Å². The Labute approximate surface area is 137 Å². The van der Waals surface area contributed by atoms with Crippen LogP contribution in [0.5, 0.6) is 0 Å². The molecule has 1 heterocycles. The van der Waals surface area contributed by atoms with Gasteiger partial charge >= 0.3 is 5.97 Å². The van der Waals surface area contributed by atoms with Crippen LogP contribution in [0.4, 0.5) is 0 Å². The van der Waals surface area contributed by atoms with E-state index in [1.54, 1.807) is 12.1 Å². The molecule has 0 aliphatic carbocycles. The summed E-state index contributed by atoms with van der Waals surface area (Å²) in [5, 5.41) is 16.7. The van der Waals surface area contributed by atoms with Gasteiger partial charge in [-0.2, -0.15) is 0 Å². The number of aromatic carboxylic acids is 1. The number of hydrogen-bond donors (Lipinski definition) is 2. The van der Waals surface area contributed by atoms with Crippen LogP contribution in [0.15, 0.2) is 53.7 Å². The Morgan fingerprint density at radius 3 is 2.70 bits per heavy atom. The van der Waals surface area contributed by atoms with Crippen molar-refractivity contribution in [1.82, 2.24) is 15.2 Å². The molecule has 0 bridgehead atoms. The zero-order chi connectivity index (χ0) is 16.2. The van der Waals surface area contributed by atoms with Crippen LogP contribution < -0.4 is 0 Å². The van der Waals surface area contributed by atoms with Gasteiger partial charge in [-0.05, 0) is 30.7 Å². The fourth-order valence-corrected chi connectivity index (χ4v) is 2.88. The van der Waals surface area contributed by atoms with Crippen molar-refractivity contribution in [3.8, 4) is 11.4 Å². The van der Waals surface area contributed by atoms with E-state index in [1.165, 1.54) is 17.3 Å². The largest absolute Gasteiger partial charge is 0.478 e. The van der Waals surface area contributed by atoms with Gasteiger partial charge in [0.1, 0.15) is 0 Å². The second kappa shape index (κ2) is 6.66. The van der Waals surface area contributed by atoms with Gasteiger partial charge in [-0.25, -0.2) is 9.78 Å². The number of hydrogen-bond acceptors (Lipinski definition) is 4. The van der Waals surface area contributed by atoms with Gasteiger partial charge in [0.15, 0.2) is 5.82 Å². The Morgan fingerprint density at radius 2 is 2.00 bits per heavy atom. The standard InChI is InChI=1S/C17H15N3O2S/c1-11-3-2-4-14(9-11)15-18-17(20-19-15)23-10-12-5-7-13(8-6-12)16(21)22/h2-9H,10H2,1H3,(H,21,22)(H,18,19,20). The molecule has 5 nitrogen and oxygen atoms in total. The lowest BCUT2D eigenvalue weighted by Gasteiger charge is -1.99. The molecule has 0 spiro atoms. The van der Waals surface area contributed by atoms with Gasteiger partial charge in [0.2, 0.25) is 5.16 Å². The van der Waals surface area contributed by atoms with E-state index in [9.17, 15) is 4.79 Å². The topological polar surface area (TPSA) is 78.9 Å². The van der Waals surface area contributed by atoms with Gasteiger partial charge in [0.05, 0.1) is 5.56 Å². The molecule has 1 aromatic heterocycles. The molecule has 0 aliphatic rings. The minimum absolute atomic E-state index is 0.290. The molecule has 2 aromatic carbocycles. The number of nitrogens with zero attached hydrogens (tertiary/aromatic N) is 2. The summed E-state index contributed by atoms with van der Waals surface area (Å²) in [6, 6.07) is 14.9. The SMILES string of the molecule is Cc1cccc(-c2nc(SCc3ccc(C(=O)O)cc3)n[nH]2)c1. The van der Waals surface area contributed by atoms with Crippen molar-refractivity contribution in [3.05, 3.63) is 65.2 Å². The van der Waals surface area contributed by atoms with Crippen LogP contribution in [0.1, 0.15) is 21.5 Å². The summed E-state index contributed by atoms with van der Waals surface area (Å²) in [5.41, 5.74) is 3.50. The van der Waals surface area contributed by atoms with Crippen molar-refractivity contribution in [2.75, 3.05) is 0 Å². The number of carboxylic acid groups (broad SMARTS) is 1. The van der Waals surface area contributed by atoms with E-state index in [0.717, 1.165) is 17.0 Å². The van der Waals surface area contributed by atoms with E-state index >= 15 is 0 Å². The second-order valence-corrected chi connectivity index (χ2v) is 6.07. The summed E-state index contributed by atoms with van der Waals surface area (Å²) in [4.78, 5) is 15.3. The number of rotatable bonds is 5. The van der Waals surface area contributed by atoms with Crippen molar-refractivity contribution >= 4 is 17.7 Å². The van der Waals surface area contributed by atoms with Crippen molar-refractivity contribution < 1.29 is 9.90 Å². The van der Waals surface area contributed by atoms with Gasteiger partial charge in [0, 0.05) is 11.3 Å². The Bertz CT molecular complexity index is 828. The number of carboxylic acids is 1. The molecule has 6 heteroatoms. The Morgan fingerprint density at radius 1 is 1.22 bits per heavy atom. The van der Waals surface area contributed by atoms with Crippen LogP contribution in [0.3, 0.4) is 0 Å². The smallest absolute Gasteiger partial charge is 0.335 e. The molecule has 0 saturated heterocycles. The number of aryl methyl sites for hydroxylation is 1. The third-order valence-corrected chi connectivity index (χ3v) is 4.24. The van der Waals surface area contributed by atoms with Crippen LogP contribution in [0.25, 0.3) is 11.4 Å². The maximum absolute atomic E-state index is 10.8. The lowest BCUT2D eigenvalue weighted by Crippen LogP contribution is -1.95. The first-order valence-electron chi connectivity index (χ1n) is 7.06. The van der Waals surface area contributed by atoms with Crippen LogP contribution in [-0.2, 0) is 5.75 Å². The minimum Gasteiger partial charge on any atom is -0.478 e. The van der Waals surface area contributed by atoms with Crippen LogP contribution in [-0.4, -0.2) is 26.3 Å². The number of thioether (sulfide) groups is 1. The maximum atomic E-state index is 10.8. The first-order valence-corrected chi connectivity index (χ1v) is 8.05. The summed E-state index contributed by atoms with van der Waals surface area (Å²) < 4.78 is 0. The van der Waals surface area contributed by atoms with E-state index in [1.807, 2.05) is 37.3 Å². The molecule has 0 amide bonds. The molecule has 3 rings (SSSR count). The van der Waals surface area contributed by atoms with E-state index in [4.69, 9.17) is 5.11 Å². The number of aromatic amines is 1. The molecule has 0 fully saturated rings. The molecule has 0 aliphatic heterocycles. The molecule has 2 N–H and O–H groups in total. The summed E-state index contributed by atoms with van der Waals surface area (Å²) in [6.45, 7) is 2.04. The summed E-state index contributed by atoms with van der Waals surface area (Å²) >= 11 is 1.51. The monoisotopic (exact) mass is 325 g/mol. The second-order valence-electron chi connectivity index (χ2n) is 5.13. The molecule has 0 radical (unpaired) electrons. The molecule has 0 unspecified atom stereocenters. The quantitative estimate of drug-likeness (QED) is 0.698. The first-order chi connectivity index (χ1) is 11.1. The lowest BCUT2D eigenvalue weighted by molar-refractivity contribution is 0.0697. The highest BCUT2D eigenvalue weighted by molar-refractivity contribution is 7.98. The van der Waals surface area contributed by atoms with Crippen LogP contribution in [0.2, 0.25) is 0 Å². The highest BCUT2D eigenvalue weighted by Gasteiger charge is 2.07. The summed E-state index contributed by atoms with van der Waals surface area (Å²) in [5.74, 6) is 0.517. The van der Waals surface area contributed by atoms with Gasteiger partial charge in [-0.3, -0.25) is 5.10 Å². The van der Waals surface area contributed by atoms with Crippen molar-refractivity contribution in [1.29, 1.82) is 0 Å². The van der Waals surface area contributed by atoms with Crippen molar-refractivity contribution in [3.63, 3.8) is 0 Å². The van der Waals surface area contributed by atoms with Gasteiger partial charge < -0.3 is 5.11 Å². The molecular weight excluding hydrogens is 310 g/mol. The normalized spacial score (nSPS) is 10.7. The predicted molar refractivity (Wildman–Crippen MR) is 89.5 cm³/mol. The lowest BCUT2D eigenvalue weighted by atomic mass is 10.1. The summed E-state index contributed by atoms with van der Waals surface area (Å²) in [7, 11) is 0. The summed E-state index contributed by atoms with van der Waals surface area (Å²) in [6.07, 6.45) is 0. The molecular formula is C17H15N3O2S. The Kier molecular flexibility index (Phi) is 4.43. The van der Waals surface area contributed by atoms with Crippen molar-refractivity contribution in [2.24, 2.45) is 0 Å². The van der Waals surface area contributed by atoms with E-state index in [-0.39, 0.29) is 0 Å². The van der Waals surface area contributed by atoms with E-state index in [0.29, 0.717) is 16.5 Å². The minimum atomic E-state index is -0.916. The Balaban J connectivity index is 1.66. The zero-order valence-corrected chi connectivity index (χ0v) is 13.3. The maximum Gasteiger partial charge on any atom is 0.335 e. The molecule has 0 saturated carbocycles. The third-order valence-electron chi connectivity index (χ3n) is 3.33. The average Bonchev–Trinajstić information content (AvgIpc) is 3.02. The van der Waals surface area contributed by atoms with Crippen molar-refractivity contribution in [2.45, 2.75) is 17.8 Å².